The first kappa shape index (κ1) is 21.3. The number of thioether (sulfide) groups is 1. The number of primary amides is 1. The van der Waals surface area contributed by atoms with Crippen LogP contribution in [-0.2, 0) is 22.6 Å². The van der Waals surface area contributed by atoms with Gasteiger partial charge in [0.15, 0.2) is 10.9 Å². The fourth-order valence-corrected chi connectivity index (χ4v) is 3.43. The molecule has 0 saturated heterocycles. The largest absolute Gasteiger partial charge is 0.467 e. The summed E-state index contributed by atoms with van der Waals surface area (Å²) in [5, 5.41) is 11.6. The number of Topliss-reactive ketones (excluding diaryl/α,β-unsaturated/α-hetero) is 1. The number of amides is 2. The third kappa shape index (κ3) is 5.80. The predicted octanol–water partition coefficient (Wildman–Crippen LogP) is 2.27. The molecule has 3 N–H and O–H groups in total. The number of nitrogens with two attached hydrogens (primary N) is 1. The minimum absolute atomic E-state index is 0.0357. The van der Waals surface area contributed by atoms with E-state index in [9.17, 15) is 14.4 Å². The molecule has 0 saturated carbocycles. The maximum atomic E-state index is 12.3. The molecule has 0 radical (unpaired) electrons. The van der Waals surface area contributed by atoms with Crippen LogP contribution in [0.5, 0.6) is 0 Å². The highest BCUT2D eigenvalue weighted by atomic mass is 32.2. The van der Waals surface area contributed by atoms with Crippen LogP contribution in [-0.4, -0.2) is 38.1 Å². The topological polar surface area (TPSA) is 133 Å². The summed E-state index contributed by atoms with van der Waals surface area (Å²) in [5.74, 6) is 0.723. The number of carbonyl (C=O) groups excluding carboxylic acids is 3. The van der Waals surface area contributed by atoms with Crippen molar-refractivity contribution in [3.05, 3.63) is 59.8 Å². The molecule has 0 aliphatic heterocycles. The van der Waals surface area contributed by atoms with Crippen LogP contribution >= 0.6 is 11.8 Å². The van der Waals surface area contributed by atoms with Crippen LogP contribution < -0.4 is 11.1 Å². The van der Waals surface area contributed by atoms with Gasteiger partial charge in [-0.2, -0.15) is 0 Å². The maximum absolute atomic E-state index is 12.3. The van der Waals surface area contributed by atoms with Crippen molar-refractivity contribution < 1.29 is 18.8 Å². The Morgan fingerprint density at radius 3 is 2.57 bits per heavy atom. The molecule has 2 heterocycles. The van der Waals surface area contributed by atoms with E-state index in [-0.39, 0.29) is 23.9 Å². The predicted molar refractivity (Wildman–Crippen MR) is 111 cm³/mol. The Hall–Kier alpha value is -3.40. The second-order valence-electron chi connectivity index (χ2n) is 6.50. The van der Waals surface area contributed by atoms with E-state index in [4.69, 9.17) is 10.2 Å². The first-order valence-corrected chi connectivity index (χ1v) is 10.2. The Balaban J connectivity index is 1.65. The molecule has 0 bridgehead atoms. The molecule has 9 nitrogen and oxygen atoms in total. The highest BCUT2D eigenvalue weighted by Crippen LogP contribution is 2.20. The van der Waals surface area contributed by atoms with Crippen LogP contribution in [0.4, 0.5) is 5.69 Å². The monoisotopic (exact) mass is 427 g/mol. The lowest BCUT2D eigenvalue weighted by Crippen LogP contribution is -2.16. The summed E-state index contributed by atoms with van der Waals surface area (Å²) in [7, 11) is 0. The molecule has 0 fully saturated rings. The quantitative estimate of drug-likeness (QED) is 0.374. The summed E-state index contributed by atoms with van der Waals surface area (Å²) in [5.41, 5.74) is 6.42. The molecule has 0 aliphatic rings. The van der Waals surface area contributed by atoms with Gasteiger partial charge < -0.3 is 15.5 Å². The highest BCUT2D eigenvalue weighted by molar-refractivity contribution is 7.99. The summed E-state index contributed by atoms with van der Waals surface area (Å²) in [6, 6.07) is 10.3. The van der Waals surface area contributed by atoms with Gasteiger partial charge in [0, 0.05) is 24.1 Å². The molecule has 3 aromatic rings. The molecule has 0 aliphatic carbocycles. The van der Waals surface area contributed by atoms with Gasteiger partial charge in [-0.3, -0.25) is 19.0 Å². The average Bonchev–Trinajstić information content (AvgIpc) is 3.35. The van der Waals surface area contributed by atoms with Gasteiger partial charge in [0.2, 0.25) is 11.8 Å². The van der Waals surface area contributed by atoms with Crippen LogP contribution in [0.25, 0.3) is 0 Å². The number of nitrogens with one attached hydrogen (secondary N) is 1. The third-order valence-corrected chi connectivity index (χ3v) is 5.16. The Kier molecular flexibility index (Phi) is 7.02. The van der Waals surface area contributed by atoms with E-state index in [0.717, 1.165) is 0 Å². The maximum Gasteiger partial charge on any atom is 0.234 e. The van der Waals surface area contributed by atoms with Gasteiger partial charge in [0.1, 0.15) is 11.6 Å². The lowest BCUT2D eigenvalue weighted by molar-refractivity contribution is -0.118. The van der Waals surface area contributed by atoms with Crippen molar-refractivity contribution in [2.24, 2.45) is 5.73 Å². The number of furan rings is 1. The summed E-state index contributed by atoms with van der Waals surface area (Å²) < 4.78 is 7.20. The number of rotatable bonds is 10. The van der Waals surface area contributed by atoms with Crippen LogP contribution in [0.2, 0.25) is 0 Å². The van der Waals surface area contributed by atoms with Gasteiger partial charge in [0.25, 0.3) is 0 Å². The number of carbonyl (C=O) groups is 3. The Morgan fingerprint density at radius 2 is 1.93 bits per heavy atom. The highest BCUT2D eigenvalue weighted by Gasteiger charge is 2.16. The Bertz CT molecular complexity index is 1030. The fraction of sp³-hybridized carbons (Fsp3) is 0.250. The summed E-state index contributed by atoms with van der Waals surface area (Å²) in [4.78, 5) is 34.8. The molecule has 2 aromatic heterocycles. The normalized spacial score (nSPS) is 10.7. The number of ketones is 1. The summed E-state index contributed by atoms with van der Waals surface area (Å²) in [6.45, 7) is 1.87. The lowest BCUT2D eigenvalue weighted by Gasteiger charge is -2.09. The van der Waals surface area contributed by atoms with Crippen LogP contribution in [0.15, 0.2) is 52.2 Å². The van der Waals surface area contributed by atoms with Crippen LogP contribution in [0.1, 0.15) is 35.3 Å². The van der Waals surface area contributed by atoms with Gasteiger partial charge in [0.05, 0.1) is 18.6 Å². The molecule has 156 valence electrons. The van der Waals surface area contributed by atoms with E-state index in [2.05, 4.69) is 15.5 Å². The van der Waals surface area contributed by atoms with Gasteiger partial charge in [-0.05, 0) is 43.3 Å². The van der Waals surface area contributed by atoms with Crippen molar-refractivity contribution >= 4 is 35.0 Å². The van der Waals surface area contributed by atoms with Crippen molar-refractivity contribution in [2.45, 2.75) is 31.5 Å². The number of hydrogen-bond donors (Lipinski definition) is 2. The molecule has 1 aromatic carbocycles. The van der Waals surface area contributed by atoms with Crippen molar-refractivity contribution in [2.75, 3.05) is 11.1 Å². The first-order valence-electron chi connectivity index (χ1n) is 9.19. The van der Waals surface area contributed by atoms with Crippen molar-refractivity contribution in [3.63, 3.8) is 0 Å². The van der Waals surface area contributed by atoms with Crippen molar-refractivity contribution in [3.8, 4) is 0 Å². The molecule has 30 heavy (non-hydrogen) atoms. The Morgan fingerprint density at radius 1 is 1.17 bits per heavy atom. The van der Waals surface area contributed by atoms with Crippen molar-refractivity contribution in [1.29, 1.82) is 0 Å². The number of hydrogen-bond acceptors (Lipinski definition) is 7. The molecule has 2 amide bonds. The molecule has 0 atom stereocenters. The van der Waals surface area contributed by atoms with E-state index >= 15 is 0 Å². The average molecular weight is 427 g/mol. The van der Waals surface area contributed by atoms with E-state index in [1.165, 1.54) is 18.7 Å². The number of benzene rings is 1. The van der Waals surface area contributed by atoms with Crippen molar-refractivity contribution in [1.82, 2.24) is 14.8 Å². The first-order chi connectivity index (χ1) is 14.4. The summed E-state index contributed by atoms with van der Waals surface area (Å²) >= 11 is 1.22. The standard InChI is InChI=1S/C20H21N5O4S/c1-13(26)14-4-6-15(7-5-14)22-19(28)12-30-20-24-23-18(9-8-17(21)27)25(20)11-16-3-2-10-29-16/h2-7,10H,8-9,11-12H2,1H3,(H2,21,27)(H,22,28). The molecule has 0 unspecified atom stereocenters. The number of aromatic nitrogens is 3. The third-order valence-electron chi connectivity index (χ3n) is 4.19. The number of nitrogens with zero attached hydrogens (tertiary/aromatic N) is 3. The molecule has 0 spiro atoms. The van der Waals surface area contributed by atoms with E-state index < -0.39 is 5.91 Å². The van der Waals surface area contributed by atoms with E-state index in [1.54, 1.807) is 41.2 Å². The second kappa shape index (κ2) is 9.88. The zero-order chi connectivity index (χ0) is 21.5. The lowest BCUT2D eigenvalue weighted by atomic mass is 10.1. The van der Waals surface area contributed by atoms with Crippen LogP contribution in [0, 0.1) is 0 Å². The minimum Gasteiger partial charge on any atom is -0.467 e. The van der Waals surface area contributed by atoms with Gasteiger partial charge in [-0.1, -0.05) is 11.8 Å². The smallest absolute Gasteiger partial charge is 0.234 e. The zero-order valence-electron chi connectivity index (χ0n) is 16.3. The molecular weight excluding hydrogens is 406 g/mol. The zero-order valence-corrected chi connectivity index (χ0v) is 17.1. The number of aryl methyl sites for hydroxylation is 1. The molecular formula is C20H21N5O4S. The molecule has 10 heteroatoms. The molecule has 3 rings (SSSR count). The minimum atomic E-state index is -0.424. The van der Waals surface area contributed by atoms with Gasteiger partial charge in [-0.25, -0.2) is 0 Å². The second-order valence-corrected chi connectivity index (χ2v) is 7.44. The van der Waals surface area contributed by atoms with E-state index in [1.807, 2.05) is 6.07 Å². The summed E-state index contributed by atoms with van der Waals surface area (Å²) in [6.07, 6.45) is 2.07. The Labute approximate surface area is 177 Å². The fourth-order valence-electron chi connectivity index (χ4n) is 2.68. The SMILES string of the molecule is CC(=O)c1ccc(NC(=O)CSc2nnc(CCC(N)=O)n2Cc2ccco2)cc1. The van der Waals surface area contributed by atoms with Gasteiger partial charge in [-0.15, -0.1) is 10.2 Å². The van der Waals surface area contributed by atoms with E-state index in [0.29, 0.717) is 41.0 Å². The van der Waals surface area contributed by atoms with Crippen LogP contribution in [0.3, 0.4) is 0 Å². The van der Waals surface area contributed by atoms with Gasteiger partial charge >= 0.3 is 0 Å². The number of anilines is 1.